The SMILES string of the molecule is NCc1cccc(S(=O)(=O)NCCS(N)(=O)=O)c1. The highest BCUT2D eigenvalue weighted by Crippen LogP contribution is 2.10. The van der Waals surface area contributed by atoms with Gasteiger partial charge >= 0.3 is 0 Å². The number of nitrogens with two attached hydrogens (primary N) is 2. The van der Waals surface area contributed by atoms with E-state index in [1.807, 2.05) is 0 Å². The van der Waals surface area contributed by atoms with E-state index in [2.05, 4.69) is 4.72 Å². The molecule has 0 fully saturated rings. The smallest absolute Gasteiger partial charge is 0.240 e. The molecule has 5 N–H and O–H groups in total. The molecule has 1 aromatic carbocycles. The molecule has 0 aliphatic rings. The van der Waals surface area contributed by atoms with Crippen molar-refractivity contribution in [1.82, 2.24) is 4.72 Å². The zero-order chi connectivity index (χ0) is 13.8. The van der Waals surface area contributed by atoms with Crippen molar-refractivity contribution in [3.8, 4) is 0 Å². The van der Waals surface area contributed by atoms with Gasteiger partial charge in [-0.1, -0.05) is 12.1 Å². The molecule has 0 saturated carbocycles. The summed E-state index contributed by atoms with van der Waals surface area (Å²) in [4.78, 5) is 0.0415. The number of nitrogens with one attached hydrogen (secondary N) is 1. The molecule has 0 amide bonds. The van der Waals surface area contributed by atoms with Gasteiger partial charge in [0.2, 0.25) is 20.0 Å². The molecule has 0 bridgehead atoms. The Balaban J connectivity index is 2.80. The first-order chi connectivity index (χ1) is 8.24. The molecule has 0 radical (unpaired) electrons. The van der Waals surface area contributed by atoms with Gasteiger partial charge in [0.1, 0.15) is 0 Å². The predicted octanol–water partition coefficient (Wildman–Crippen LogP) is -1.29. The van der Waals surface area contributed by atoms with E-state index in [-0.39, 0.29) is 18.0 Å². The van der Waals surface area contributed by atoms with Crippen LogP contribution in [0.2, 0.25) is 0 Å². The molecule has 9 heteroatoms. The molecule has 0 heterocycles. The van der Waals surface area contributed by atoms with Gasteiger partial charge < -0.3 is 5.73 Å². The van der Waals surface area contributed by atoms with Gasteiger partial charge in [-0.05, 0) is 17.7 Å². The van der Waals surface area contributed by atoms with E-state index < -0.39 is 25.8 Å². The maximum absolute atomic E-state index is 11.8. The van der Waals surface area contributed by atoms with Crippen molar-refractivity contribution in [2.75, 3.05) is 12.3 Å². The third-order valence-electron chi connectivity index (χ3n) is 2.12. The van der Waals surface area contributed by atoms with Crippen molar-refractivity contribution in [1.29, 1.82) is 0 Å². The topological polar surface area (TPSA) is 132 Å². The van der Waals surface area contributed by atoms with Crippen LogP contribution < -0.4 is 15.6 Å². The van der Waals surface area contributed by atoms with Crippen molar-refractivity contribution >= 4 is 20.0 Å². The van der Waals surface area contributed by atoms with Crippen molar-refractivity contribution in [2.45, 2.75) is 11.4 Å². The van der Waals surface area contributed by atoms with Crippen LogP contribution in [-0.2, 0) is 26.6 Å². The van der Waals surface area contributed by atoms with Gasteiger partial charge in [0, 0.05) is 13.1 Å². The number of hydrogen-bond acceptors (Lipinski definition) is 5. The van der Waals surface area contributed by atoms with Crippen molar-refractivity contribution < 1.29 is 16.8 Å². The molecular formula is C9H15N3O4S2. The molecule has 18 heavy (non-hydrogen) atoms. The average Bonchev–Trinajstić information content (AvgIpc) is 2.27. The van der Waals surface area contributed by atoms with Crippen LogP contribution in [-0.4, -0.2) is 29.1 Å². The molecule has 0 saturated heterocycles. The Kier molecular flexibility index (Phi) is 4.82. The normalized spacial score (nSPS) is 12.6. The highest BCUT2D eigenvalue weighted by atomic mass is 32.2. The Morgan fingerprint density at radius 2 is 1.83 bits per heavy atom. The van der Waals surface area contributed by atoms with Crippen LogP contribution in [0.5, 0.6) is 0 Å². The van der Waals surface area contributed by atoms with E-state index in [0.717, 1.165) is 0 Å². The summed E-state index contributed by atoms with van der Waals surface area (Å²) in [5.74, 6) is -0.456. The van der Waals surface area contributed by atoms with Crippen molar-refractivity contribution in [3.63, 3.8) is 0 Å². The largest absolute Gasteiger partial charge is 0.326 e. The van der Waals surface area contributed by atoms with Crippen molar-refractivity contribution in [2.24, 2.45) is 10.9 Å². The van der Waals surface area contributed by atoms with E-state index in [4.69, 9.17) is 10.9 Å². The summed E-state index contributed by atoms with van der Waals surface area (Å²) in [6.45, 7) is -0.0471. The standard InChI is InChI=1S/C9H15N3O4S2/c10-7-8-2-1-3-9(6-8)18(15,16)12-4-5-17(11,13)14/h1-3,6,12H,4-5,7,10H2,(H2,11,13,14). The lowest BCUT2D eigenvalue weighted by molar-refractivity contribution is 0.581. The van der Waals surface area contributed by atoms with Crippen LogP contribution >= 0.6 is 0 Å². The Bertz CT molecular complexity index is 610. The molecule has 0 aliphatic carbocycles. The first-order valence-corrected chi connectivity index (χ1v) is 8.23. The quantitative estimate of drug-likeness (QED) is 0.600. The number of primary sulfonamides is 1. The Hall–Kier alpha value is -1.00. The Morgan fingerprint density at radius 3 is 2.39 bits per heavy atom. The van der Waals surface area contributed by atoms with Gasteiger partial charge in [0.25, 0.3) is 0 Å². The second-order valence-electron chi connectivity index (χ2n) is 3.62. The molecule has 0 aliphatic heterocycles. The van der Waals surface area contributed by atoms with Crippen LogP contribution in [0.3, 0.4) is 0 Å². The minimum atomic E-state index is -3.74. The van der Waals surface area contributed by atoms with Gasteiger partial charge in [-0.15, -0.1) is 0 Å². The van der Waals surface area contributed by atoms with E-state index in [1.54, 1.807) is 12.1 Å². The maximum Gasteiger partial charge on any atom is 0.240 e. The van der Waals surface area contributed by atoms with Gasteiger partial charge in [0.15, 0.2) is 0 Å². The molecule has 102 valence electrons. The average molecular weight is 293 g/mol. The van der Waals surface area contributed by atoms with Gasteiger partial charge in [-0.2, -0.15) is 0 Å². The summed E-state index contributed by atoms with van der Waals surface area (Å²) in [7, 11) is -7.43. The van der Waals surface area contributed by atoms with E-state index in [9.17, 15) is 16.8 Å². The first-order valence-electron chi connectivity index (χ1n) is 5.04. The van der Waals surface area contributed by atoms with Crippen LogP contribution in [0, 0.1) is 0 Å². The highest BCUT2D eigenvalue weighted by molar-refractivity contribution is 7.90. The zero-order valence-corrected chi connectivity index (χ0v) is 11.2. The van der Waals surface area contributed by atoms with Crippen LogP contribution in [0.1, 0.15) is 5.56 Å². The number of rotatable bonds is 6. The monoisotopic (exact) mass is 293 g/mol. The number of sulfonamides is 2. The van der Waals surface area contributed by atoms with Gasteiger partial charge in [-0.25, -0.2) is 26.7 Å². The van der Waals surface area contributed by atoms with Crippen molar-refractivity contribution in [3.05, 3.63) is 29.8 Å². The summed E-state index contributed by atoms with van der Waals surface area (Å²) in [6.07, 6.45) is 0. The van der Waals surface area contributed by atoms with E-state index >= 15 is 0 Å². The highest BCUT2D eigenvalue weighted by Gasteiger charge is 2.14. The minimum Gasteiger partial charge on any atom is -0.326 e. The first kappa shape index (κ1) is 15.1. The van der Waals surface area contributed by atoms with Crippen LogP contribution in [0.15, 0.2) is 29.2 Å². The predicted molar refractivity (Wildman–Crippen MR) is 67.5 cm³/mol. The van der Waals surface area contributed by atoms with E-state index in [1.165, 1.54) is 12.1 Å². The van der Waals surface area contributed by atoms with Crippen LogP contribution in [0.25, 0.3) is 0 Å². The number of benzene rings is 1. The fourth-order valence-corrected chi connectivity index (χ4v) is 2.86. The second-order valence-corrected chi connectivity index (χ2v) is 7.12. The molecule has 1 aromatic rings. The lowest BCUT2D eigenvalue weighted by Crippen LogP contribution is -2.31. The summed E-state index contributed by atoms with van der Waals surface area (Å²) < 4.78 is 47.1. The fraction of sp³-hybridized carbons (Fsp3) is 0.333. The summed E-state index contributed by atoms with van der Waals surface area (Å²) in [5.41, 5.74) is 6.08. The lowest BCUT2D eigenvalue weighted by Gasteiger charge is -2.07. The third kappa shape index (κ3) is 4.70. The molecular weight excluding hydrogens is 278 g/mol. The van der Waals surface area contributed by atoms with E-state index in [0.29, 0.717) is 5.56 Å². The molecule has 0 spiro atoms. The Labute approximate surface area is 106 Å². The summed E-state index contributed by atoms with van der Waals surface area (Å²) in [5, 5.41) is 4.77. The Morgan fingerprint density at radius 1 is 1.17 bits per heavy atom. The molecule has 0 aromatic heterocycles. The molecule has 0 unspecified atom stereocenters. The van der Waals surface area contributed by atoms with Crippen LogP contribution in [0.4, 0.5) is 0 Å². The van der Waals surface area contributed by atoms with Gasteiger partial charge in [0.05, 0.1) is 10.6 Å². The molecule has 7 nitrogen and oxygen atoms in total. The summed E-state index contributed by atoms with van der Waals surface area (Å²) in [6, 6.07) is 6.09. The second kappa shape index (κ2) is 5.76. The maximum atomic E-state index is 11.8. The molecule has 0 atom stereocenters. The zero-order valence-electron chi connectivity index (χ0n) is 9.53. The molecule has 1 rings (SSSR count). The fourth-order valence-electron chi connectivity index (χ4n) is 1.24. The number of hydrogen-bond donors (Lipinski definition) is 3. The third-order valence-corrected chi connectivity index (χ3v) is 4.35. The summed E-state index contributed by atoms with van der Waals surface area (Å²) >= 11 is 0. The lowest BCUT2D eigenvalue weighted by atomic mass is 10.2. The van der Waals surface area contributed by atoms with Gasteiger partial charge in [-0.3, -0.25) is 0 Å². The minimum absolute atomic E-state index is 0.0415.